The third-order valence-electron chi connectivity index (χ3n) is 5.50. The Balaban J connectivity index is 1.36. The zero-order valence-corrected chi connectivity index (χ0v) is 16.3. The van der Waals surface area contributed by atoms with E-state index >= 15 is 0 Å². The van der Waals surface area contributed by atoms with Crippen molar-refractivity contribution in [3.05, 3.63) is 24.2 Å². The van der Waals surface area contributed by atoms with Crippen molar-refractivity contribution < 1.29 is 31.7 Å². The fourth-order valence-corrected chi connectivity index (χ4v) is 3.92. The second-order valence-electron chi connectivity index (χ2n) is 7.67. The Morgan fingerprint density at radius 3 is 2.68 bits per heavy atom. The number of hydrogen-bond donors (Lipinski definition) is 0. The highest BCUT2D eigenvalue weighted by molar-refractivity contribution is 5.97. The van der Waals surface area contributed by atoms with Gasteiger partial charge < -0.3 is 14.1 Å². The minimum absolute atomic E-state index is 0.0316. The van der Waals surface area contributed by atoms with E-state index in [1.807, 2.05) is 0 Å². The van der Waals surface area contributed by atoms with Crippen LogP contribution in [0.15, 0.2) is 27.4 Å². The number of fused-ring (bicyclic) bond motifs is 1. The average Bonchev–Trinajstić information content (AvgIpc) is 3.38. The number of ether oxygens (including phenoxy) is 1. The summed E-state index contributed by atoms with van der Waals surface area (Å²) in [6, 6.07) is 3.31. The van der Waals surface area contributed by atoms with Crippen LogP contribution in [0.5, 0.6) is 0 Å². The highest BCUT2D eigenvalue weighted by Gasteiger charge is 2.42. The van der Waals surface area contributed by atoms with Gasteiger partial charge >= 0.3 is 12.0 Å². The summed E-state index contributed by atoms with van der Waals surface area (Å²) in [7, 11) is 0. The average molecular weight is 437 g/mol. The first-order valence-corrected chi connectivity index (χ1v) is 9.77. The second kappa shape index (κ2) is 7.61. The van der Waals surface area contributed by atoms with Gasteiger partial charge in [-0.2, -0.15) is 13.2 Å². The quantitative estimate of drug-likeness (QED) is 0.557. The molecule has 0 bridgehead atoms. The van der Waals surface area contributed by atoms with E-state index in [2.05, 4.69) is 25.1 Å². The number of rotatable bonds is 5. The molecule has 0 spiro atoms. The van der Waals surface area contributed by atoms with E-state index in [1.165, 1.54) is 0 Å². The summed E-state index contributed by atoms with van der Waals surface area (Å²) in [5.41, 5.74) is 2.17. The van der Waals surface area contributed by atoms with E-state index in [0.29, 0.717) is 22.5 Å². The molecule has 1 aromatic carbocycles. The lowest BCUT2D eigenvalue weighted by molar-refractivity contribution is -0.0902. The normalized spacial score (nSPS) is 18.5. The Morgan fingerprint density at radius 2 is 1.94 bits per heavy atom. The molecule has 4 heterocycles. The lowest BCUT2D eigenvalue weighted by atomic mass is 9.97. The first-order valence-electron chi connectivity index (χ1n) is 9.77. The predicted octanol–water partition coefficient (Wildman–Crippen LogP) is 2.39. The number of nitrogens with zero attached hydrogens (tertiary/aromatic N) is 5. The number of anilines is 1. The van der Waals surface area contributed by atoms with Crippen molar-refractivity contribution in [2.45, 2.75) is 6.18 Å². The van der Waals surface area contributed by atoms with Crippen LogP contribution in [-0.4, -0.2) is 78.1 Å². The summed E-state index contributed by atoms with van der Waals surface area (Å²) in [4.78, 5) is 19.3. The van der Waals surface area contributed by atoms with E-state index in [-0.39, 0.29) is 5.76 Å². The fourth-order valence-electron chi connectivity index (χ4n) is 3.92. The van der Waals surface area contributed by atoms with Gasteiger partial charge in [0.2, 0.25) is 0 Å². The third kappa shape index (κ3) is 3.88. The number of ketones is 1. The van der Waals surface area contributed by atoms with Gasteiger partial charge in [-0.25, -0.2) is 9.61 Å². The van der Waals surface area contributed by atoms with Crippen molar-refractivity contribution in [3.8, 4) is 11.3 Å². The molecule has 2 saturated heterocycles. The predicted molar refractivity (Wildman–Crippen MR) is 101 cm³/mol. The molecular weight excluding hydrogens is 419 g/mol. The van der Waals surface area contributed by atoms with Crippen LogP contribution in [0.3, 0.4) is 0 Å². The van der Waals surface area contributed by atoms with Gasteiger partial charge in [-0.15, -0.1) is 0 Å². The SMILES string of the molecule is O=C(c1ncc(-c2cc(N3CC(CN4CCOCC4)C3)c3nonc3c2)o1)C(F)(F)F. The Morgan fingerprint density at radius 1 is 1.16 bits per heavy atom. The Kier molecular flexibility index (Phi) is 4.89. The van der Waals surface area contributed by atoms with Gasteiger partial charge in [0.15, 0.2) is 11.3 Å². The molecule has 0 amide bonds. The second-order valence-corrected chi connectivity index (χ2v) is 7.67. The minimum Gasteiger partial charge on any atom is -0.433 e. The van der Waals surface area contributed by atoms with Gasteiger partial charge in [-0.1, -0.05) is 0 Å². The number of aromatic nitrogens is 3. The molecule has 2 aliphatic heterocycles. The fraction of sp³-hybridized carbons (Fsp3) is 0.474. The molecule has 9 nitrogen and oxygen atoms in total. The van der Waals surface area contributed by atoms with Gasteiger partial charge in [0.25, 0.3) is 5.89 Å². The number of oxazole rings is 1. The van der Waals surface area contributed by atoms with Crippen molar-refractivity contribution in [3.63, 3.8) is 0 Å². The van der Waals surface area contributed by atoms with Crippen molar-refractivity contribution in [1.29, 1.82) is 0 Å². The summed E-state index contributed by atoms with van der Waals surface area (Å²) in [6.45, 7) is 5.93. The maximum Gasteiger partial charge on any atom is 0.459 e. The van der Waals surface area contributed by atoms with E-state index in [0.717, 1.165) is 57.8 Å². The molecule has 2 aromatic heterocycles. The lowest BCUT2D eigenvalue weighted by Gasteiger charge is -2.43. The molecule has 2 fully saturated rings. The lowest BCUT2D eigenvalue weighted by Crippen LogP contribution is -2.53. The van der Waals surface area contributed by atoms with Crippen LogP contribution >= 0.6 is 0 Å². The summed E-state index contributed by atoms with van der Waals surface area (Å²) in [6.07, 6.45) is -3.96. The molecule has 2 aliphatic rings. The molecule has 0 N–H and O–H groups in total. The summed E-state index contributed by atoms with van der Waals surface area (Å²) in [5.74, 6) is -2.61. The molecule has 0 radical (unpaired) electrons. The molecular formula is C19H18F3N5O4. The Hall–Kier alpha value is -2.99. The number of carbonyl (C=O) groups excluding carboxylic acids is 1. The highest BCUT2D eigenvalue weighted by atomic mass is 19.4. The van der Waals surface area contributed by atoms with E-state index in [4.69, 9.17) is 13.8 Å². The monoisotopic (exact) mass is 437 g/mol. The van der Waals surface area contributed by atoms with Crippen LogP contribution in [0.25, 0.3) is 22.4 Å². The van der Waals surface area contributed by atoms with Crippen molar-refractivity contribution >= 4 is 22.5 Å². The highest BCUT2D eigenvalue weighted by Crippen LogP contribution is 2.36. The van der Waals surface area contributed by atoms with E-state index in [1.54, 1.807) is 12.1 Å². The van der Waals surface area contributed by atoms with E-state index in [9.17, 15) is 18.0 Å². The molecule has 0 atom stereocenters. The topological polar surface area (TPSA) is 97.7 Å². The molecule has 164 valence electrons. The smallest absolute Gasteiger partial charge is 0.433 e. The zero-order chi connectivity index (χ0) is 21.6. The first kappa shape index (κ1) is 19.9. The van der Waals surface area contributed by atoms with Crippen LogP contribution in [-0.2, 0) is 4.74 Å². The molecule has 0 unspecified atom stereocenters. The molecule has 5 rings (SSSR count). The van der Waals surface area contributed by atoms with Gasteiger partial charge in [0.1, 0.15) is 5.52 Å². The van der Waals surface area contributed by atoms with Gasteiger partial charge in [0, 0.05) is 44.2 Å². The molecule has 12 heteroatoms. The van der Waals surface area contributed by atoms with Crippen LogP contribution in [0.2, 0.25) is 0 Å². The first-order chi connectivity index (χ1) is 14.9. The van der Waals surface area contributed by atoms with Crippen molar-refractivity contribution in [2.24, 2.45) is 5.92 Å². The maximum atomic E-state index is 12.6. The standard InChI is InChI=1S/C19H18F3N5O4/c20-19(21,22)17(28)18-23-7-15(30-18)12-5-13-16(25-31-24-13)14(6-12)27-9-11(10-27)8-26-1-3-29-4-2-26/h5-7,11H,1-4,8-10H2. The van der Waals surface area contributed by atoms with Gasteiger partial charge in [-0.05, 0) is 22.4 Å². The van der Waals surface area contributed by atoms with Crippen LogP contribution in [0.1, 0.15) is 10.7 Å². The number of halogens is 3. The third-order valence-corrected chi connectivity index (χ3v) is 5.50. The van der Waals surface area contributed by atoms with Crippen LogP contribution in [0.4, 0.5) is 18.9 Å². The summed E-state index contributed by atoms with van der Waals surface area (Å²) >= 11 is 0. The number of morpholine rings is 1. The van der Waals surface area contributed by atoms with Crippen LogP contribution < -0.4 is 4.90 Å². The van der Waals surface area contributed by atoms with E-state index < -0.39 is 17.9 Å². The van der Waals surface area contributed by atoms with Gasteiger partial charge in [0.05, 0.1) is 25.1 Å². The Bertz CT molecular complexity index is 1100. The number of benzene rings is 1. The minimum atomic E-state index is -5.06. The largest absolute Gasteiger partial charge is 0.459 e. The van der Waals surface area contributed by atoms with Crippen molar-refractivity contribution in [1.82, 2.24) is 20.2 Å². The summed E-state index contributed by atoms with van der Waals surface area (Å²) in [5, 5.41) is 7.82. The molecule has 0 saturated carbocycles. The molecule has 3 aromatic rings. The number of hydrogen-bond acceptors (Lipinski definition) is 9. The molecule has 0 aliphatic carbocycles. The number of carbonyl (C=O) groups is 1. The molecule has 31 heavy (non-hydrogen) atoms. The number of Topliss-reactive ketones (excluding diaryl/α,β-unsaturated/α-hetero) is 1. The van der Waals surface area contributed by atoms with Crippen LogP contribution in [0, 0.1) is 5.92 Å². The van der Waals surface area contributed by atoms with Crippen molar-refractivity contribution in [2.75, 3.05) is 50.8 Å². The maximum absolute atomic E-state index is 12.6. The zero-order valence-electron chi connectivity index (χ0n) is 16.3. The van der Waals surface area contributed by atoms with Gasteiger partial charge in [-0.3, -0.25) is 9.69 Å². The number of alkyl halides is 3. The Labute approximate surface area is 173 Å². The summed E-state index contributed by atoms with van der Waals surface area (Å²) < 4.78 is 53.3.